The van der Waals surface area contributed by atoms with Crippen molar-refractivity contribution in [3.63, 3.8) is 0 Å². The minimum atomic E-state index is -4.26. The van der Waals surface area contributed by atoms with E-state index in [1.54, 1.807) is 6.07 Å². The van der Waals surface area contributed by atoms with E-state index in [2.05, 4.69) is 96.2 Å². The average Bonchev–Trinajstić information content (AvgIpc) is 3.04. The summed E-state index contributed by atoms with van der Waals surface area (Å²) in [5.41, 5.74) is 8.34. The second-order valence-electron chi connectivity index (χ2n) is 10.6. The highest BCUT2D eigenvalue weighted by molar-refractivity contribution is 7.85. The molecular weight excluding hydrogens is 588 g/mol. The van der Waals surface area contributed by atoms with Crippen LogP contribution in [0.3, 0.4) is 0 Å². The predicted molar refractivity (Wildman–Crippen MR) is 181 cm³/mol. The number of halogens is 1. The Balaban J connectivity index is 1.48. The van der Waals surface area contributed by atoms with Gasteiger partial charge in [0.25, 0.3) is 10.1 Å². The molecule has 0 fully saturated rings. The molecule has 5 nitrogen and oxygen atoms in total. The molecule has 0 unspecified atom stereocenters. The van der Waals surface area contributed by atoms with Gasteiger partial charge in [-0.1, -0.05) is 84.4 Å². The van der Waals surface area contributed by atoms with Crippen LogP contribution in [0, 0.1) is 0 Å². The number of hydrogen-bond donors (Lipinski definition) is 1. The van der Waals surface area contributed by atoms with Gasteiger partial charge in [-0.2, -0.15) is 8.42 Å². The van der Waals surface area contributed by atoms with Gasteiger partial charge in [0.05, 0.1) is 4.90 Å². The number of allylic oxidation sites excluding steroid dienone is 5. The zero-order chi connectivity index (χ0) is 31.1. The molecule has 1 aliphatic carbocycles. The van der Waals surface area contributed by atoms with Crippen LogP contribution in [0.5, 0.6) is 0 Å². The van der Waals surface area contributed by atoms with E-state index in [-0.39, 0.29) is 4.90 Å². The Hall–Kier alpha value is -4.23. The van der Waals surface area contributed by atoms with Gasteiger partial charge in [0.15, 0.2) is 12.3 Å². The number of benzene rings is 4. The molecule has 7 heteroatoms. The Labute approximate surface area is 265 Å². The average molecular weight is 624 g/mol. The van der Waals surface area contributed by atoms with E-state index in [0.717, 1.165) is 58.9 Å². The molecule has 4 aromatic rings. The SMILES string of the molecule is CCN(Cc1ccccc1)c1ccc(C(=C2C=CC(=[N+](CC)Cc3cccc(S(=O)(=O)O)c3)C=C2)c2ccccc2Cl)cc1. The highest BCUT2D eigenvalue weighted by Gasteiger charge is 2.18. The molecule has 1 aliphatic rings. The van der Waals surface area contributed by atoms with Crippen molar-refractivity contribution in [1.29, 1.82) is 0 Å². The van der Waals surface area contributed by atoms with Crippen molar-refractivity contribution >= 4 is 38.7 Å². The van der Waals surface area contributed by atoms with Crippen molar-refractivity contribution in [2.75, 3.05) is 18.0 Å². The lowest BCUT2D eigenvalue weighted by molar-refractivity contribution is -0.539. The summed E-state index contributed by atoms with van der Waals surface area (Å²) in [7, 11) is -4.26. The van der Waals surface area contributed by atoms with Gasteiger partial charge in [-0.3, -0.25) is 4.55 Å². The van der Waals surface area contributed by atoms with Crippen LogP contribution in [0.1, 0.15) is 36.1 Å². The van der Waals surface area contributed by atoms with Crippen LogP contribution >= 0.6 is 11.6 Å². The topological polar surface area (TPSA) is 60.6 Å². The molecule has 0 aromatic heterocycles. The molecule has 0 atom stereocenters. The number of nitrogens with zero attached hydrogens (tertiary/aromatic N) is 2. The molecule has 1 N–H and O–H groups in total. The Morgan fingerprint density at radius 1 is 0.795 bits per heavy atom. The van der Waals surface area contributed by atoms with Crippen molar-refractivity contribution in [3.8, 4) is 0 Å². The first-order valence-corrected chi connectivity index (χ1v) is 16.5. The maximum Gasteiger partial charge on any atom is 0.294 e. The normalized spacial score (nSPS) is 12.8. The third kappa shape index (κ3) is 7.45. The second kappa shape index (κ2) is 14.0. The lowest BCUT2D eigenvalue weighted by atomic mass is 9.90. The van der Waals surface area contributed by atoms with Gasteiger partial charge in [-0.15, -0.1) is 0 Å². The Morgan fingerprint density at radius 3 is 2.09 bits per heavy atom. The van der Waals surface area contributed by atoms with E-state index in [9.17, 15) is 13.0 Å². The van der Waals surface area contributed by atoms with Crippen molar-refractivity contribution in [2.24, 2.45) is 0 Å². The summed E-state index contributed by atoms with van der Waals surface area (Å²) in [6.07, 6.45) is 8.37. The van der Waals surface area contributed by atoms with Crippen LogP contribution in [-0.2, 0) is 23.2 Å². The molecule has 0 amide bonds. The Bertz CT molecular complexity index is 1840. The molecule has 44 heavy (non-hydrogen) atoms. The van der Waals surface area contributed by atoms with E-state index < -0.39 is 10.1 Å². The standard InChI is InChI=1S/C37H35ClN2O3S/c1-3-39(26-28-11-6-5-7-12-28)32-21-17-30(18-22-32)37(35-15-8-9-16-36(35)38)31-19-23-33(24-20-31)40(4-2)27-29-13-10-14-34(25-29)44(41,42)43/h5-25H,3-4,26-27H2,1-2H3/p+1. The highest BCUT2D eigenvalue weighted by Crippen LogP contribution is 2.35. The van der Waals surface area contributed by atoms with Crippen LogP contribution in [-0.4, -0.2) is 36.3 Å². The summed E-state index contributed by atoms with van der Waals surface area (Å²) >= 11 is 6.75. The smallest absolute Gasteiger partial charge is 0.294 e. The third-order valence-electron chi connectivity index (χ3n) is 7.73. The fraction of sp³-hybridized carbons (Fsp3) is 0.162. The molecule has 0 aliphatic heterocycles. The maximum atomic E-state index is 11.6. The molecule has 0 spiro atoms. The van der Waals surface area contributed by atoms with E-state index in [1.807, 2.05) is 36.4 Å². The van der Waals surface area contributed by atoms with Crippen LogP contribution < -0.4 is 4.90 Å². The van der Waals surface area contributed by atoms with Gasteiger partial charge in [-0.05, 0) is 78.6 Å². The fourth-order valence-electron chi connectivity index (χ4n) is 5.42. The minimum absolute atomic E-state index is 0.103. The Kier molecular flexibility index (Phi) is 9.95. The summed E-state index contributed by atoms with van der Waals surface area (Å²) < 4.78 is 34.9. The lowest BCUT2D eigenvalue weighted by Crippen LogP contribution is -2.21. The fourth-order valence-corrected chi connectivity index (χ4v) is 6.20. The zero-order valence-corrected chi connectivity index (χ0v) is 26.5. The van der Waals surface area contributed by atoms with Crippen LogP contribution in [0.25, 0.3) is 5.57 Å². The summed E-state index contributed by atoms with van der Waals surface area (Å²) in [6, 6.07) is 33.5. The quantitative estimate of drug-likeness (QED) is 0.143. The van der Waals surface area contributed by atoms with Crippen LogP contribution in [0.15, 0.2) is 138 Å². The van der Waals surface area contributed by atoms with Gasteiger partial charge >= 0.3 is 0 Å². The van der Waals surface area contributed by atoms with Crippen molar-refractivity contribution in [2.45, 2.75) is 31.8 Å². The molecule has 0 bridgehead atoms. The van der Waals surface area contributed by atoms with Crippen LogP contribution in [0.2, 0.25) is 5.02 Å². The van der Waals surface area contributed by atoms with E-state index in [1.165, 1.54) is 17.7 Å². The zero-order valence-electron chi connectivity index (χ0n) is 24.9. The molecule has 0 heterocycles. The highest BCUT2D eigenvalue weighted by atomic mass is 35.5. The summed E-state index contributed by atoms with van der Waals surface area (Å²) in [5, 5.41) is 0.684. The van der Waals surface area contributed by atoms with E-state index in [0.29, 0.717) is 11.6 Å². The molecule has 4 aromatic carbocycles. The molecule has 0 radical (unpaired) electrons. The molecule has 5 rings (SSSR count). The van der Waals surface area contributed by atoms with Gasteiger partial charge in [0.2, 0.25) is 0 Å². The van der Waals surface area contributed by atoms with Gasteiger partial charge in [0, 0.05) is 47.1 Å². The summed E-state index contributed by atoms with van der Waals surface area (Å²) in [5.74, 6) is 0. The summed E-state index contributed by atoms with van der Waals surface area (Å²) in [6.45, 7) is 7.18. The van der Waals surface area contributed by atoms with Crippen molar-refractivity contribution in [1.82, 2.24) is 0 Å². The van der Waals surface area contributed by atoms with E-state index >= 15 is 0 Å². The third-order valence-corrected chi connectivity index (χ3v) is 8.91. The molecule has 0 saturated heterocycles. The predicted octanol–water partition coefficient (Wildman–Crippen LogP) is 8.21. The van der Waals surface area contributed by atoms with Gasteiger partial charge in [0.1, 0.15) is 6.54 Å². The largest absolute Gasteiger partial charge is 0.367 e. The molecule has 224 valence electrons. The van der Waals surface area contributed by atoms with Crippen LogP contribution in [0.4, 0.5) is 5.69 Å². The minimum Gasteiger partial charge on any atom is -0.367 e. The monoisotopic (exact) mass is 623 g/mol. The first-order valence-electron chi connectivity index (χ1n) is 14.7. The van der Waals surface area contributed by atoms with Crippen molar-refractivity contribution in [3.05, 3.63) is 160 Å². The second-order valence-corrected chi connectivity index (χ2v) is 12.4. The van der Waals surface area contributed by atoms with E-state index in [4.69, 9.17) is 11.6 Å². The Morgan fingerprint density at radius 2 is 1.45 bits per heavy atom. The summed E-state index contributed by atoms with van der Waals surface area (Å²) in [4.78, 5) is 2.25. The number of anilines is 1. The van der Waals surface area contributed by atoms with Gasteiger partial charge < -0.3 is 4.90 Å². The van der Waals surface area contributed by atoms with Crippen molar-refractivity contribution < 1.29 is 17.5 Å². The number of hydrogen-bond acceptors (Lipinski definition) is 3. The lowest BCUT2D eigenvalue weighted by Gasteiger charge is -2.24. The number of rotatable bonds is 10. The van der Waals surface area contributed by atoms with Gasteiger partial charge in [-0.25, -0.2) is 4.58 Å². The first-order chi connectivity index (χ1) is 21.3. The molecule has 0 saturated carbocycles. The first kappa shape index (κ1) is 31.2. The molecular formula is C37H36ClN2O3S+. The maximum absolute atomic E-state index is 11.6.